The van der Waals surface area contributed by atoms with E-state index in [1.807, 2.05) is 0 Å². The highest BCUT2D eigenvalue weighted by molar-refractivity contribution is 5.21. The van der Waals surface area contributed by atoms with Crippen LogP contribution in [0.25, 0.3) is 0 Å². The van der Waals surface area contributed by atoms with Crippen molar-refractivity contribution in [2.75, 3.05) is 0 Å². The predicted octanol–water partition coefficient (Wildman–Crippen LogP) is 2.23. The number of rotatable bonds is 2. The zero-order chi connectivity index (χ0) is 8.27. The molecule has 1 aromatic carbocycles. The maximum absolute atomic E-state index is 12.3. The summed E-state index contributed by atoms with van der Waals surface area (Å²) in [6.45, 7) is -2.93. The number of hydrogen-bond acceptors (Lipinski definition) is 1. The Kier molecular flexibility index (Phi) is 2.36. The van der Waals surface area contributed by atoms with E-state index in [4.69, 9.17) is 0 Å². The zero-order valence-corrected chi connectivity index (χ0v) is 5.35. The summed E-state index contributed by atoms with van der Waals surface area (Å²) in [7, 11) is 0. The standard InChI is InChI=1S/C7H4F3O/c8-5-2-1-3-6(4-5)11-7(9)10/h2-4,7H. The monoisotopic (exact) mass is 161 g/mol. The molecule has 0 heterocycles. The van der Waals surface area contributed by atoms with Gasteiger partial charge in [0.1, 0.15) is 11.6 Å². The highest BCUT2D eigenvalue weighted by atomic mass is 19.3. The van der Waals surface area contributed by atoms with E-state index in [9.17, 15) is 13.2 Å². The Morgan fingerprint density at radius 2 is 2.09 bits per heavy atom. The van der Waals surface area contributed by atoms with Crippen LogP contribution in [0.2, 0.25) is 0 Å². The number of ether oxygens (including phenoxy) is 1. The minimum atomic E-state index is -2.93. The molecule has 1 nitrogen and oxygen atoms in total. The second-order valence-electron chi connectivity index (χ2n) is 1.77. The van der Waals surface area contributed by atoms with Crippen molar-refractivity contribution in [2.45, 2.75) is 6.61 Å². The van der Waals surface area contributed by atoms with E-state index in [1.54, 1.807) is 0 Å². The Bertz CT molecular complexity index is 237. The van der Waals surface area contributed by atoms with Gasteiger partial charge in [-0.05, 0) is 18.2 Å². The summed E-state index contributed by atoms with van der Waals surface area (Å²) in [5.41, 5.74) is 0. The first-order valence-corrected chi connectivity index (χ1v) is 2.80. The Hall–Kier alpha value is -1.19. The number of hydrogen-bond donors (Lipinski definition) is 0. The zero-order valence-electron chi connectivity index (χ0n) is 5.35. The quantitative estimate of drug-likeness (QED) is 0.646. The fourth-order valence-electron chi connectivity index (χ4n) is 0.594. The van der Waals surface area contributed by atoms with E-state index in [0.29, 0.717) is 0 Å². The first kappa shape index (κ1) is 7.91. The highest BCUT2D eigenvalue weighted by Crippen LogP contribution is 2.13. The molecule has 0 aliphatic rings. The minimum absolute atomic E-state index is 0.222. The van der Waals surface area contributed by atoms with E-state index >= 15 is 0 Å². The lowest BCUT2D eigenvalue weighted by Gasteiger charge is -2.02. The van der Waals surface area contributed by atoms with Crippen molar-refractivity contribution >= 4 is 0 Å². The first-order chi connectivity index (χ1) is 5.18. The van der Waals surface area contributed by atoms with E-state index in [1.165, 1.54) is 0 Å². The van der Waals surface area contributed by atoms with Gasteiger partial charge in [0.05, 0.1) is 0 Å². The topological polar surface area (TPSA) is 9.23 Å². The SMILES string of the molecule is Fc1c[c]cc(OC(F)F)c1. The molecule has 0 saturated heterocycles. The van der Waals surface area contributed by atoms with Crippen molar-refractivity contribution in [1.29, 1.82) is 0 Å². The van der Waals surface area contributed by atoms with Crippen LogP contribution in [-0.4, -0.2) is 6.61 Å². The van der Waals surface area contributed by atoms with Crippen LogP contribution in [-0.2, 0) is 0 Å². The Balaban J connectivity index is 2.71. The maximum atomic E-state index is 12.3. The molecule has 1 rings (SSSR count). The molecule has 59 valence electrons. The summed E-state index contributed by atoms with van der Waals surface area (Å²) < 4.78 is 39.1. The Labute approximate surface area is 61.4 Å². The second-order valence-corrected chi connectivity index (χ2v) is 1.77. The van der Waals surface area contributed by atoms with Crippen LogP contribution >= 0.6 is 0 Å². The number of halogens is 3. The molecule has 0 fully saturated rings. The first-order valence-electron chi connectivity index (χ1n) is 2.80. The molecule has 0 saturated carbocycles. The summed E-state index contributed by atoms with van der Waals surface area (Å²) >= 11 is 0. The molecule has 0 aromatic heterocycles. The third-order valence-corrected chi connectivity index (χ3v) is 0.952. The Morgan fingerprint density at radius 3 is 2.64 bits per heavy atom. The maximum Gasteiger partial charge on any atom is 0.387 e. The second kappa shape index (κ2) is 3.27. The predicted molar refractivity (Wildman–Crippen MR) is 31.9 cm³/mol. The van der Waals surface area contributed by atoms with Gasteiger partial charge in [-0.2, -0.15) is 8.78 Å². The van der Waals surface area contributed by atoms with Crippen molar-refractivity contribution in [3.8, 4) is 5.75 Å². The van der Waals surface area contributed by atoms with Gasteiger partial charge in [0.2, 0.25) is 0 Å². The average Bonchev–Trinajstić information content (AvgIpc) is 1.85. The third kappa shape index (κ3) is 2.49. The molecule has 1 aromatic rings. The van der Waals surface area contributed by atoms with Crippen LogP contribution in [0.3, 0.4) is 0 Å². The molecule has 0 aliphatic heterocycles. The van der Waals surface area contributed by atoms with Crippen LogP contribution in [0.4, 0.5) is 13.2 Å². The van der Waals surface area contributed by atoms with Gasteiger partial charge in [-0.15, -0.1) is 0 Å². The fourth-order valence-corrected chi connectivity index (χ4v) is 0.594. The molecular weight excluding hydrogens is 157 g/mol. The molecule has 0 aliphatic carbocycles. The van der Waals surface area contributed by atoms with Crippen molar-refractivity contribution in [3.63, 3.8) is 0 Å². The molecule has 0 amide bonds. The van der Waals surface area contributed by atoms with Crippen LogP contribution in [0.1, 0.15) is 0 Å². The van der Waals surface area contributed by atoms with E-state index in [2.05, 4.69) is 10.8 Å². The van der Waals surface area contributed by atoms with Gasteiger partial charge >= 0.3 is 6.61 Å². The van der Waals surface area contributed by atoms with E-state index < -0.39 is 12.4 Å². The lowest BCUT2D eigenvalue weighted by atomic mass is 10.3. The Morgan fingerprint density at radius 1 is 1.36 bits per heavy atom. The lowest BCUT2D eigenvalue weighted by Crippen LogP contribution is -2.01. The largest absolute Gasteiger partial charge is 0.435 e. The van der Waals surface area contributed by atoms with E-state index in [0.717, 1.165) is 18.2 Å². The molecule has 11 heavy (non-hydrogen) atoms. The number of benzene rings is 1. The molecule has 0 atom stereocenters. The van der Waals surface area contributed by atoms with Gasteiger partial charge in [0.25, 0.3) is 0 Å². The third-order valence-electron chi connectivity index (χ3n) is 0.952. The fraction of sp³-hybridized carbons (Fsp3) is 0.143. The van der Waals surface area contributed by atoms with Gasteiger partial charge in [-0.3, -0.25) is 0 Å². The minimum Gasteiger partial charge on any atom is -0.435 e. The number of alkyl halides is 2. The summed E-state index contributed by atoms with van der Waals surface area (Å²) in [5, 5.41) is 0. The van der Waals surface area contributed by atoms with Gasteiger partial charge in [0.15, 0.2) is 0 Å². The molecule has 1 radical (unpaired) electrons. The van der Waals surface area contributed by atoms with E-state index in [-0.39, 0.29) is 5.75 Å². The summed E-state index contributed by atoms with van der Waals surface area (Å²) in [4.78, 5) is 0. The summed E-state index contributed by atoms with van der Waals surface area (Å²) in [6.07, 6.45) is 0. The lowest BCUT2D eigenvalue weighted by molar-refractivity contribution is -0.0500. The summed E-state index contributed by atoms with van der Waals surface area (Å²) in [6, 6.07) is 5.33. The van der Waals surface area contributed by atoms with Crippen LogP contribution in [0, 0.1) is 11.9 Å². The molecule has 0 N–H and O–H groups in total. The van der Waals surface area contributed by atoms with Crippen LogP contribution in [0.5, 0.6) is 5.75 Å². The van der Waals surface area contributed by atoms with Gasteiger partial charge < -0.3 is 4.74 Å². The van der Waals surface area contributed by atoms with Crippen molar-refractivity contribution < 1.29 is 17.9 Å². The molecule has 0 spiro atoms. The molecule has 0 bridgehead atoms. The van der Waals surface area contributed by atoms with Gasteiger partial charge in [0, 0.05) is 6.07 Å². The van der Waals surface area contributed by atoms with Crippen molar-refractivity contribution in [3.05, 3.63) is 30.1 Å². The van der Waals surface area contributed by atoms with Crippen LogP contribution in [0.15, 0.2) is 18.2 Å². The molecular formula is C7H4F3O. The highest BCUT2D eigenvalue weighted by Gasteiger charge is 2.03. The summed E-state index contributed by atoms with van der Waals surface area (Å²) in [5.74, 6) is -0.872. The molecule has 4 heteroatoms. The van der Waals surface area contributed by atoms with Gasteiger partial charge in [-0.1, -0.05) is 0 Å². The average molecular weight is 161 g/mol. The van der Waals surface area contributed by atoms with Crippen molar-refractivity contribution in [1.82, 2.24) is 0 Å². The smallest absolute Gasteiger partial charge is 0.387 e. The van der Waals surface area contributed by atoms with Gasteiger partial charge in [-0.25, -0.2) is 4.39 Å². The van der Waals surface area contributed by atoms with Crippen LogP contribution < -0.4 is 4.74 Å². The normalized spacial score (nSPS) is 10.2. The molecule has 0 unspecified atom stereocenters. The van der Waals surface area contributed by atoms with Crippen molar-refractivity contribution in [2.24, 2.45) is 0 Å².